The van der Waals surface area contributed by atoms with E-state index in [4.69, 9.17) is 9.47 Å². The van der Waals surface area contributed by atoms with Crippen molar-refractivity contribution in [1.82, 2.24) is 24.6 Å². The molecule has 35 heavy (non-hydrogen) atoms. The Balaban J connectivity index is 1.48. The van der Waals surface area contributed by atoms with E-state index in [9.17, 15) is 9.18 Å². The highest BCUT2D eigenvalue weighted by Gasteiger charge is 2.46. The molecule has 1 aliphatic heterocycles. The topological polar surface area (TPSA) is 82.4 Å². The zero-order chi connectivity index (χ0) is 24.6. The number of likely N-dealkylation sites (tertiary alicyclic amines) is 1. The highest BCUT2D eigenvalue weighted by atomic mass is 19.1. The molecule has 2 aliphatic rings. The minimum Gasteiger partial charge on any atom is -0.462 e. The molecule has 1 saturated heterocycles. The summed E-state index contributed by atoms with van der Waals surface area (Å²) in [7, 11) is 0. The van der Waals surface area contributed by atoms with Crippen molar-refractivity contribution in [1.29, 1.82) is 0 Å². The van der Waals surface area contributed by atoms with Gasteiger partial charge in [0.15, 0.2) is 0 Å². The monoisotopic (exact) mass is 477 g/mol. The number of hydrogen-bond acceptors (Lipinski definition) is 6. The summed E-state index contributed by atoms with van der Waals surface area (Å²) in [5, 5.41) is 4.59. The highest BCUT2D eigenvalue weighted by Crippen LogP contribution is 2.44. The van der Waals surface area contributed by atoms with Crippen LogP contribution in [0.25, 0.3) is 11.8 Å². The van der Waals surface area contributed by atoms with Gasteiger partial charge in [-0.15, -0.1) is 0 Å². The van der Waals surface area contributed by atoms with E-state index < -0.39 is 11.0 Å². The molecule has 3 heterocycles. The van der Waals surface area contributed by atoms with Crippen LogP contribution in [0.1, 0.15) is 38.4 Å². The SMILES string of the molecule is CC(C)(C)OC(=O)N1CCC2=Cc3c(cnn3-c3ccc(F)cc3)CC2(COc2ncccn2)C1. The van der Waals surface area contributed by atoms with Gasteiger partial charge < -0.3 is 14.4 Å². The molecule has 8 nitrogen and oxygen atoms in total. The van der Waals surface area contributed by atoms with E-state index in [1.165, 1.54) is 17.7 Å². The lowest BCUT2D eigenvalue weighted by molar-refractivity contribution is 0.00696. The number of carbonyl (C=O) groups is 1. The van der Waals surface area contributed by atoms with Gasteiger partial charge in [0.05, 0.1) is 17.6 Å². The first kappa shape index (κ1) is 23.0. The van der Waals surface area contributed by atoms with Crippen molar-refractivity contribution < 1.29 is 18.7 Å². The summed E-state index contributed by atoms with van der Waals surface area (Å²) in [6.07, 6.45) is 8.20. The van der Waals surface area contributed by atoms with Crippen LogP contribution in [0.2, 0.25) is 0 Å². The van der Waals surface area contributed by atoms with Crippen molar-refractivity contribution in [2.75, 3.05) is 19.7 Å². The van der Waals surface area contributed by atoms with Gasteiger partial charge in [0.25, 0.3) is 0 Å². The minimum atomic E-state index is -0.579. The Hall–Kier alpha value is -3.75. The second kappa shape index (κ2) is 8.79. The van der Waals surface area contributed by atoms with Crippen LogP contribution in [0.4, 0.5) is 9.18 Å². The Kier molecular flexibility index (Phi) is 5.78. The van der Waals surface area contributed by atoms with Crippen LogP contribution in [0.15, 0.2) is 54.5 Å². The van der Waals surface area contributed by atoms with E-state index in [1.807, 2.05) is 31.6 Å². The van der Waals surface area contributed by atoms with Gasteiger partial charge in [-0.1, -0.05) is 5.57 Å². The molecule has 1 unspecified atom stereocenters. The molecule has 9 heteroatoms. The quantitative estimate of drug-likeness (QED) is 0.552. The number of amides is 1. The summed E-state index contributed by atoms with van der Waals surface area (Å²) in [6, 6.07) is 8.31. The van der Waals surface area contributed by atoms with Crippen LogP contribution in [0.5, 0.6) is 6.01 Å². The lowest BCUT2D eigenvalue weighted by atomic mass is 9.69. The van der Waals surface area contributed by atoms with Gasteiger partial charge in [-0.2, -0.15) is 5.10 Å². The first-order valence-electron chi connectivity index (χ1n) is 11.6. The predicted molar refractivity (Wildman–Crippen MR) is 128 cm³/mol. The predicted octanol–water partition coefficient (Wildman–Crippen LogP) is 4.45. The van der Waals surface area contributed by atoms with Crippen LogP contribution < -0.4 is 4.74 Å². The van der Waals surface area contributed by atoms with Crippen molar-refractivity contribution in [2.45, 2.75) is 39.2 Å². The summed E-state index contributed by atoms with van der Waals surface area (Å²) in [6.45, 7) is 6.89. The van der Waals surface area contributed by atoms with Crippen LogP contribution >= 0.6 is 0 Å². The molecule has 1 aromatic carbocycles. The number of piperidine rings is 1. The second-order valence-electron chi connectivity index (χ2n) is 10.0. The van der Waals surface area contributed by atoms with Gasteiger partial charge >= 0.3 is 12.1 Å². The fourth-order valence-electron chi connectivity index (χ4n) is 4.70. The third-order valence-electron chi connectivity index (χ3n) is 6.29. The Labute approximate surface area is 203 Å². The summed E-state index contributed by atoms with van der Waals surface area (Å²) in [4.78, 5) is 23.1. The number of rotatable bonds is 4. The van der Waals surface area contributed by atoms with E-state index in [-0.39, 0.29) is 11.9 Å². The van der Waals surface area contributed by atoms with Crippen molar-refractivity contribution in [3.05, 3.63) is 71.6 Å². The molecule has 1 aliphatic carbocycles. The number of fused-ring (bicyclic) bond motifs is 2. The smallest absolute Gasteiger partial charge is 0.410 e. The number of hydrogen-bond donors (Lipinski definition) is 0. The Morgan fingerprint density at radius 3 is 2.63 bits per heavy atom. The van der Waals surface area contributed by atoms with Gasteiger partial charge in [-0.05, 0) is 75.6 Å². The molecule has 1 atom stereocenters. The number of ether oxygens (including phenoxy) is 2. The van der Waals surface area contributed by atoms with E-state index in [1.54, 1.807) is 35.5 Å². The van der Waals surface area contributed by atoms with Crippen molar-refractivity contribution in [3.8, 4) is 11.7 Å². The molecule has 0 radical (unpaired) electrons. The Bertz CT molecular complexity index is 1250. The average molecular weight is 478 g/mol. The number of benzene rings is 1. The third kappa shape index (κ3) is 4.76. The van der Waals surface area contributed by atoms with Crippen molar-refractivity contribution >= 4 is 12.2 Å². The molecule has 3 aromatic rings. The standard InChI is InChI=1S/C26H28FN5O3/c1-25(2,3)35-24(33)31-12-9-19-13-22-18(15-30-32(22)21-7-5-20(27)6-8-21)14-26(19,16-31)17-34-23-28-10-4-11-29-23/h4-8,10-11,13,15H,9,12,14,16-17H2,1-3H3. The normalized spacial score (nSPS) is 19.4. The van der Waals surface area contributed by atoms with E-state index >= 15 is 0 Å². The van der Waals surface area contributed by atoms with Crippen LogP contribution in [0.3, 0.4) is 0 Å². The zero-order valence-electron chi connectivity index (χ0n) is 20.1. The third-order valence-corrected chi connectivity index (χ3v) is 6.29. The summed E-state index contributed by atoms with van der Waals surface area (Å²) < 4.78 is 27.0. The van der Waals surface area contributed by atoms with E-state index in [0.717, 1.165) is 16.9 Å². The number of aromatic nitrogens is 4. The van der Waals surface area contributed by atoms with Gasteiger partial charge in [0.1, 0.15) is 18.0 Å². The van der Waals surface area contributed by atoms with Gasteiger partial charge in [0, 0.05) is 30.9 Å². The van der Waals surface area contributed by atoms with E-state index in [0.29, 0.717) is 38.5 Å². The summed E-state index contributed by atoms with van der Waals surface area (Å²) in [5.41, 5.74) is 2.90. The molecule has 0 N–H and O–H groups in total. The lowest BCUT2D eigenvalue weighted by Crippen LogP contribution is -2.53. The Morgan fingerprint density at radius 2 is 1.91 bits per heavy atom. The maximum atomic E-state index is 13.5. The molecule has 0 spiro atoms. The largest absolute Gasteiger partial charge is 0.462 e. The minimum absolute atomic E-state index is 0.290. The molecule has 2 aromatic heterocycles. The fraction of sp³-hybridized carbons (Fsp3) is 0.385. The number of nitrogens with zero attached hydrogens (tertiary/aromatic N) is 5. The summed E-state index contributed by atoms with van der Waals surface area (Å²) in [5.74, 6) is -0.290. The molecular formula is C26H28FN5O3. The molecule has 5 rings (SSSR count). The second-order valence-corrected chi connectivity index (χ2v) is 10.0. The summed E-state index contributed by atoms with van der Waals surface area (Å²) >= 11 is 0. The highest BCUT2D eigenvalue weighted by molar-refractivity contribution is 5.70. The van der Waals surface area contributed by atoms with Crippen molar-refractivity contribution in [2.24, 2.45) is 5.41 Å². The molecular weight excluding hydrogens is 449 g/mol. The van der Waals surface area contributed by atoms with Crippen LogP contribution in [-0.4, -0.2) is 56.0 Å². The lowest BCUT2D eigenvalue weighted by Gasteiger charge is -2.46. The molecule has 1 amide bonds. The Morgan fingerprint density at radius 1 is 1.17 bits per heavy atom. The fourth-order valence-corrected chi connectivity index (χ4v) is 4.70. The molecule has 1 fully saturated rings. The number of carbonyl (C=O) groups excluding carboxylic acids is 1. The first-order valence-corrected chi connectivity index (χ1v) is 11.6. The average Bonchev–Trinajstić information content (AvgIpc) is 3.23. The number of halogens is 1. The van der Waals surface area contributed by atoms with Crippen LogP contribution in [0, 0.1) is 11.2 Å². The van der Waals surface area contributed by atoms with Gasteiger partial charge in [-0.3, -0.25) is 0 Å². The van der Waals surface area contributed by atoms with Gasteiger partial charge in [-0.25, -0.2) is 23.8 Å². The first-order chi connectivity index (χ1) is 16.7. The van der Waals surface area contributed by atoms with Gasteiger partial charge in [0.2, 0.25) is 0 Å². The maximum absolute atomic E-state index is 13.5. The van der Waals surface area contributed by atoms with Crippen LogP contribution in [-0.2, 0) is 11.2 Å². The zero-order valence-corrected chi connectivity index (χ0v) is 20.1. The molecule has 0 bridgehead atoms. The maximum Gasteiger partial charge on any atom is 0.410 e. The van der Waals surface area contributed by atoms with E-state index in [2.05, 4.69) is 21.1 Å². The van der Waals surface area contributed by atoms with Crippen molar-refractivity contribution in [3.63, 3.8) is 0 Å². The molecule has 182 valence electrons. The molecule has 0 saturated carbocycles.